The Hall–Kier alpha value is -2.57. The highest BCUT2D eigenvalue weighted by Crippen LogP contribution is 2.32. The Kier molecular flexibility index (Phi) is 17.8. The Balaban J connectivity index is 3.06. The molecule has 2 amide bonds. The summed E-state index contributed by atoms with van der Waals surface area (Å²) < 4.78 is 45.5. The second-order valence-electron chi connectivity index (χ2n) is 13.0. The van der Waals surface area contributed by atoms with Gasteiger partial charge < -0.3 is 34.7 Å². The number of ether oxygens (including phenoxy) is 4. The van der Waals surface area contributed by atoms with Crippen LogP contribution >= 0.6 is 0 Å². The van der Waals surface area contributed by atoms with E-state index in [4.69, 9.17) is 18.9 Å². The van der Waals surface area contributed by atoms with Gasteiger partial charge in [0.05, 0.1) is 31.6 Å². The highest BCUT2D eigenvalue weighted by atomic mass is 32.2. The number of alkyl carbamates (subject to hydrolysis) is 1. The molecule has 0 bridgehead atoms. The van der Waals surface area contributed by atoms with Gasteiger partial charge in [-0.15, -0.1) is 0 Å². The van der Waals surface area contributed by atoms with Gasteiger partial charge in [0.15, 0.2) is 11.5 Å². The van der Waals surface area contributed by atoms with E-state index in [1.807, 2.05) is 18.2 Å². The number of rotatable bonds is 21. The summed E-state index contributed by atoms with van der Waals surface area (Å²) in [5.41, 5.74) is 0.303. The second-order valence-corrected chi connectivity index (χ2v) is 15.4. The van der Waals surface area contributed by atoms with Crippen molar-refractivity contribution < 1.29 is 42.1 Å². The molecular formula is C33H58N2O9S. The molecule has 12 heteroatoms. The van der Waals surface area contributed by atoms with Crippen molar-refractivity contribution in [1.29, 1.82) is 0 Å². The Bertz CT molecular complexity index is 1140. The second kappa shape index (κ2) is 19.8. The summed E-state index contributed by atoms with van der Waals surface area (Å²) in [6, 6.07) is 5.15. The van der Waals surface area contributed by atoms with Crippen LogP contribution in [0.15, 0.2) is 18.2 Å². The van der Waals surface area contributed by atoms with Crippen molar-refractivity contribution in [3.63, 3.8) is 0 Å². The minimum Gasteiger partial charge on any atom is -0.493 e. The lowest BCUT2D eigenvalue weighted by Gasteiger charge is -2.32. The maximum atomic E-state index is 12.8. The highest BCUT2D eigenvalue weighted by Gasteiger charge is 2.31. The molecule has 0 aliphatic carbocycles. The van der Waals surface area contributed by atoms with E-state index in [-0.39, 0.29) is 42.2 Å². The minimum absolute atomic E-state index is 0.00882. The van der Waals surface area contributed by atoms with E-state index in [1.54, 1.807) is 48.8 Å². The van der Waals surface area contributed by atoms with Gasteiger partial charge >= 0.3 is 6.09 Å². The quantitative estimate of drug-likeness (QED) is 0.162. The molecule has 0 fully saturated rings. The van der Waals surface area contributed by atoms with Crippen LogP contribution in [0.4, 0.5) is 4.79 Å². The van der Waals surface area contributed by atoms with Gasteiger partial charge in [-0.3, -0.25) is 4.79 Å². The summed E-state index contributed by atoms with van der Waals surface area (Å²) in [6.45, 7) is 14.1. The van der Waals surface area contributed by atoms with Crippen molar-refractivity contribution in [2.24, 2.45) is 17.8 Å². The number of sulfone groups is 1. The van der Waals surface area contributed by atoms with Crippen LogP contribution in [0.3, 0.4) is 0 Å². The summed E-state index contributed by atoms with van der Waals surface area (Å²) in [5.74, 6) is 0.760. The zero-order valence-corrected chi connectivity index (χ0v) is 29.6. The van der Waals surface area contributed by atoms with Gasteiger partial charge in [0.25, 0.3) is 0 Å². The lowest BCUT2D eigenvalue weighted by Crippen LogP contribution is -2.48. The number of aliphatic hydroxyl groups is 1. The van der Waals surface area contributed by atoms with E-state index in [2.05, 4.69) is 24.5 Å². The smallest absolute Gasteiger partial charge is 0.407 e. The average Bonchev–Trinajstić information content (AvgIpc) is 2.95. The zero-order chi connectivity index (χ0) is 34.2. The van der Waals surface area contributed by atoms with Crippen molar-refractivity contribution in [1.82, 2.24) is 10.6 Å². The van der Waals surface area contributed by atoms with Crippen molar-refractivity contribution >= 4 is 21.8 Å². The molecule has 1 aromatic rings. The lowest BCUT2D eigenvalue weighted by atomic mass is 9.82. The molecule has 11 nitrogen and oxygen atoms in total. The summed E-state index contributed by atoms with van der Waals surface area (Å²) >= 11 is 0. The monoisotopic (exact) mass is 658 g/mol. The Morgan fingerprint density at radius 1 is 1.00 bits per heavy atom. The molecule has 0 aliphatic heterocycles. The van der Waals surface area contributed by atoms with Crippen LogP contribution in [0.1, 0.15) is 79.7 Å². The van der Waals surface area contributed by atoms with E-state index in [0.29, 0.717) is 44.0 Å². The van der Waals surface area contributed by atoms with Crippen LogP contribution in [0.25, 0.3) is 0 Å². The van der Waals surface area contributed by atoms with E-state index in [9.17, 15) is 23.1 Å². The Morgan fingerprint density at radius 3 is 2.27 bits per heavy atom. The third-order valence-corrected chi connectivity index (χ3v) is 9.35. The number of hydrogen-bond acceptors (Lipinski definition) is 9. The summed E-state index contributed by atoms with van der Waals surface area (Å²) in [5, 5.41) is 17.0. The number of benzene rings is 1. The molecule has 260 valence electrons. The summed E-state index contributed by atoms with van der Waals surface area (Å²) in [6.07, 6.45) is 0.595. The fourth-order valence-electron chi connectivity index (χ4n) is 4.79. The van der Waals surface area contributed by atoms with E-state index in [0.717, 1.165) is 12.0 Å². The molecule has 0 saturated heterocycles. The Labute approximate surface area is 271 Å². The van der Waals surface area contributed by atoms with E-state index in [1.165, 1.54) is 0 Å². The highest BCUT2D eigenvalue weighted by molar-refractivity contribution is 7.91. The standard InChI is InChI=1S/C33H58N2O9S/c1-10-45(39,40)18-11-15-34-31(37)24(4)19-28(36)27(35-32(38)44-33(5,6)7)22-26(23(2)3)20-25-13-14-29(42-9)30(21-25)43-17-12-16-41-8/h13-14,21,23-24,26-28,36H,10-12,15-20,22H2,1-9H3,(H,34,37)(H,35,38)/t24-,26+,27+,28+/m1/s1. The first-order valence-corrected chi connectivity index (χ1v) is 17.8. The molecule has 3 N–H and O–H groups in total. The van der Waals surface area contributed by atoms with Gasteiger partial charge in [-0.2, -0.15) is 0 Å². The summed E-state index contributed by atoms with van der Waals surface area (Å²) in [7, 11) is 0.139. The zero-order valence-electron chi connectivity index (χ0n) is 28.8. The van der Waals surface area contributed by atoms with Crippen molar-refractivity contribution in [3.8, 4) is 11.5 Å². The average molecular weight is 659 g/mol. The fraction of sp³-hybridized carbons (Fsp3) is 0.758. The predicted octanol–water partition coefficient (Wildman–Crippen LogP) is 4.54. The van der Waals surface area contributed by atoms with Crippen LogP contribution < -0.4 is 20.1 Å². The molecule has 1 rings (SSSR count). The molecule has 4 atom stereocenters. The fourth-order valence-corrected chi connectivity index (χ4v) is 5.67. The van der Waals surface area contributed by atoms with Crippen LogP contribution in [0.5, 0.6) is 11.5 Å². The van der Waals surface area contributed by atoms with Crippen LogP contribution in [0, 0.1) is 17.8 Å². The number of carbonyl (C=O) groups excluding carboxylic acids is 2. The molecule has 45 heavy (non-hydrogen) atoms. The molecule has 0 spiro atoms. The minimum atomic E-state index is -3.11. The van der Waals surface area contributed by atoms with Gasteiger partial charge in [0.2, 0.25) is 5.91 Å². The van der Waals surface area contributed by atoms with Crippen molar-refractivity contribution in [2.45, 2.75) is 98.3 Å². The SMILES string of the molecule is CCS(=O)(=O)CCCNC(=O)[C@H](C)C[C@H](O)[C@H](C[C@H](Cc1ccc(OC)c(OCCCOC)c1)C(C)C)NC(=O)OC(C)(C)C. The third-order valence-electron chi connectivity index (χ3n) is 7.56. The van der Waals surface area contributed by atoms with Gasteiger partial charge in [-0.1, -0.05) is 33.8 Å². The topological polar surface area (TPSA) is 149 Å². The van der Waals surface area contributed by atoms with Gasteiger partial charge in [0.1, 0.15) is 15.4 Å². The van der Waals surface area contributed by atoms with Crippen LogP contribution in [-0.4, -0.2) is 88.8 Å². The molecule has 0 heterocycles. The first-order valence-electron chi connectivity index (χ1n) is 16.0. The number of aliphatic hydroxyl groups excluding tert-OH is 1. The maximum absolute atomic E-state index is 12.8. The molecular weight excluding hydrogens is 600 g/mol. The normalized spacial score (nSPS) is 14.7. The molecule has 0 saturated carbocycles. The van der Waals surface area contributed by atoms with Gasteiger partial charge in [-0.05, 0) is 76.0 Å². The molecule has 0 unspecified atom stereocenters. The van der Waals surface area contributed by atoms with Gasteiger partial charge in [-0.25, -0.2) is 13.2 Å². The number of amides is 2. The number of methoxy groups -OCH3 is 2. The lowest BCUT2D eigenvalue weighted by molar-refractivity contribution is -0.125. The third kappa shape index (κ3) is 16.5. The van der Waals surface area contributed by atoms with Crippen LogP contribution in [-0.2, 0) is 30.5 Å². The molecule has 0 aromatic heterocycles. The Morgan fingerprint density at radius 2 is 1.69 bits per heavy atom. The van der Waals surface area contributed by atoms with Crippen LogP contribution in [0.2, 0.25) is 0 Å². The molecule has 0 aliphatic rings. The van der Waals surface area contributed by atoms with Gasteiger partial charge in [0, 0.05) is 38.4 Å². The molecule has 1 aromatic carbocycles. The predicted molar refractivity (Wildman–Crippen MR) is 177 cm³/mol. The van der Waals surface area contributed by atoms with E-state index < -0.39 is 39.6 Å². The maximum Gasteiger partial charge on any atom is 0.407 e. The van der Waals surface area contributed by atoms with E-state index >= 15 is 0 Å². The summed E-state index contributed by atoms with van der Waals surface area (Å²) in [4.78, 5) is 25.6. The van der Waals surface area contributed by atoms with Crippen molar-refractivity contribution in [3.05, 3.63) is 23.8 Å². The van der Waals surface area contributed by atoms with Crippen molar-refractivity contribution in [2.75, 3.05) is 45.5 Å². The first kappa shape index (κ1) is 40.5. The first-order chi connectivity index (χ1) is 21.0. The number of hydrogen-bond donors (Lipinski definition) is 3. The number of carbonyl (C=O) groups is 2. The molecule has 0 radical (unpaired) electrons. The number of nitrogens with one attached hydrogen (secondary N) is 2. The largest absolute Gasteiger partial charge is 0.493 e.